The fourth-order valence-corrected chi connectivity index (χ4v) is 4.99. The van der Waals surface area contributed by atoms with Crippen LogP contribution in [-0.4, -0.2) is 55.4 Å². The van der Waals surface area contributed by atoms with E-state index in [1.807, 2.05) is 0 Å². The van der Waals surface area contributed by atoms with Gasteiger partial charge in [0.25, 0.3) is 0 Å². The highest BCUT2D eigenvalue weighted by molar-refractivity contribution is 7.89. The van der Waals surface area contributed by atoms with Crippen LogP contribution in [0.2, 0.25) is 0 Å². The Morgan fingerprint density at radius 2 is 1.88 bits per heavy atom. The van der Waals surface area contributed by atoms with Crippen molar-refractivity contribution in [2.75, 3.05) is 19.6 Å². The van der Waals surface area contributed by atoms with Crippen molar-refractivity contribution in [2.24, 2.45) is 0 Å². The first-order chi connectivity index (χ1) is 11.4. The third-order valence-corrected chi connectivity index (χ3v) is 6.43. The number of hydrogen-bond donors (Lipinski definition) is 0. The van der Waals surface area contributed by atoms with Crippen LogP contribution >= 0.6 is 0 Å². The smallest absolute Gasteiger partial charge is 0.244 e. The number of carbonyl (C=O) groups excluding carboxylic acids is 1. The van der Waals surface area contributed by atoms with Gasteiger partial charge in [-0.25, -0.2) is 17.2 Å². The lowest BCUT2D eigenvalue weighted by Crippen LogP contribution is -2.49. The van der Waals surface area contributed by atoms with Gasteiger partial charge in [-0.15, -0.1) is 0 Å². The fourth-order valence-electron chi connectivity index (χ4n) is 3.33. The molecular weight excluding hydrogens is 338 g/mol. The second-order valence-corrected chi connectivity index (χ2v) is 8.16. The van der Waals surface area contributed by atoms with E-state index in [1.54, 1.807) is 4.90 Å². The lowest BCUT2D eigenvalue weighted by molar-refractivity contribution is -0.135. The Labute approximate surface area is 140 Å². The summed E-state index contributed by atoms with van der Waals surface area (Å²) in [5.41, 5.74) is 0. The lowest BCUT2D eigenvalue weighted by Gasteiger charge is -2.32. The molecule has 1 aromatic rings. The van der Waals surface area contributed by atoms with Crippen molar-refractivity contribution in [3.05, 3.63) is 30.1 Å². The first kappa shape index (κ1) is 17.3. The van der Waals surface area contributed by atoms with E-state index in [0.29, 0.717) is 13.1 Å². The zero-order chi connectivity index (χ0) is 17.3. The molecule has 3 rings (SSSR count). The number of piperidine rings is 1. The zero-order valence-electron chi connectivity index (χ0n) is 13.2. The summed E-state index contributed by atoms with van der Waals surface area (Å²) in [4.78, 5) is 14.0. The number of hydrogen-bond acceptors (Lipinski definition) is 3. The van der Waals surface area contributed by atoms with Crippen LogP contribution in [0.15, 0.2) is 29.2 Å². The van der Waals surface area contributed by atoms with Gasteiger partial charge in [0.15, 0.2) is 0 Å². The number of nitrogens with zero attached hydrogens (tertiary/aromatic N) is 2. The quantitative estimate of drug-likeness (QED) is 0.830. The predicted molar refractivity (Wildman–Crippen MR) is 84.0 cm³/mol. The number of alkyl halides is 1. The van der Waals surface area contributed by atoms with Crippen molar-refractivity contribution in [2.45, 2.75) is 42.8 Å². The monoisotopic (exact) mass is 358 g/mol. The number of halogens is 2. The minimum Gasteiger partial charge on any atom is -0.341 e. The molecule has 2 fully saturated rings. The van der Waals surface area contributed by atoms with E-state index in [4.69, 9.17) is 0 Å². The Morgan fingerprint density at radius 3 is 2.54 bits per heavy atom. The van der Waals surface area contributed by atoms with Gasteiger partial charge in [-0.2, -0.15) is 4.31 Å². The maximum Gasteiger partial charge on any atom is 0.244 e. The Bertz CT molecular complexity index is 720. The van der Waals surface area contributed by atoms with E-state index in [-0.39, 0.29) is 23.8 Å². The van der Waals surface area contributed by atoms with Crippen molar-refractivity contribution < 1.29 is 22.0 Å². The van der Waals surface area contributed by atoms with E-state index >= 15 is 0 Å². The molecule has 24 heavy (non-hydrogen) atoms. The van der Waals surface area contributed by atoms with Gasteiger partial charge in [-0.1, -0.05) is 6.07 Å². The van der Waals surface area contributed by atoms with Crippen LogP contribution in [0.3, 0.4) is 0 Å². The third kappa shape index (κ3) is 3.30. The molecular formula is C16H20F2N2O3S. The summed E-state index contributed by atoms with van der Waals surface area (Å²) < 4.78 is 53.7. The van der Waals surface area contributed by atoms with Crippen molar-refractivity contribution in [1.82, 2.24) is 9.21 Å². The molecule has 8 heteroatoms. The standard InChI is InChI=1S/C16H20F2N2O3S/c17-12-5-4-6-14(9-12)24(22,23)20-11-13(18)10-15(20)16(21)19-7-2-1-3-8-19/h4-6,9,13,15H,1-3,7-8,10-11H2. The minimum absolute atomic E-state index is 0.149. The summed E-state index contributed by atoms with van der Waals surface area (Å²) in [6.45, 7) is 0.767. The van der Waals surface area contributed by atoms with E-state index in [0.717, 1.165) is 35.7 Å². The summed E-state index contributed by atoms with van der Waals surface area (Å²) in [6.07, 6.45) is 1.23. The normalized spacial score (nSPS) is 25.8. The van der Waals surface area contributed by atoms with Crippen LogP contribution in [0.1, 0.15) is 25.7 Å². The van der Waals surface area contributed by atoms with Gasteiger partial charge in [0, 0.05) is 26.1 Å². The fraction of sp³-hybridized carbons (Fsp3) is 0.562. The Balaban J connectivity index is 1.88. The van der Waals surface area contributed by atoms with Gasteiger partial charge in [-0.3, -0.25) is 4.79 Å². The average Bonchev–Trinajstić information content (AvgIpc) is 2.97. The summed E-state index contributed by atoms with van der Waals surface area (Å²) in [7, 11) is -4.12. The summed E-state index contributed by atoms with van der Waals surface area (Å²) in [5.74, 6) is -1.04. The second kappa shape index (κ2) is 6.76. The molecule has 2 aliphatic heterocycles. The molecule has 0 radical (unpaired) electrons. The number of benzene rings is 1. The first-order valence-electron chi connectivity index (χ1n) is 8.10. The van der Waals surface area contributed by atoms with Gasteiger partial charge in [0.2, 0.25) is 15.9 Å². The number of amides is 1. The molecule has 0 N–H and O–H groups in total. The SMILES string of the molecule is O=C(C1CC(F)CN1S(=O)(=O)c1cccc(F)c1)N1CCCCC1. The summed E-state index contributed by atoms with van der Waals surface area (Å²) in [6, 6.07) is 3.52. The predicted octanol–water partition coefficient (Wildman–Crippen LogP) is 1.94. The van der Waals surface area contributed by atoms with E-state index in [9.17, 15) is 22.0 Å². The molecule has 2 heterocycles. The topological polar surface area (TPSA) is 57.7 Å². The van der Waals surface area contributed by atoms with Crippen LogP contribution in [0.5, 0.6) is 0 Å². The third-order valence-electron chi connectivity index (χ3n) is 4.56. The van der Waals surface area contributed by atoms with Crippen molar-refractivity contribution in [3.8, 4) is 0 Å². The maximum absolute atomic E-state index is 13.9. The van der Waals surface area contributed by atoms with Crippen LogP contribution in [0.4, 0.5) is 8.78 Å². The molecule has 0 bridgehead atoms. The van der Waals surface area contributed by atoms with Crippen LogP contribution < -0.4 is 0 Å². The molecule has 5 nitrogen and oxygen atoms in total. The van der Waals surface area contributed by atoms with Crippen molar-refractivity contribution >= 4 is 15.9 Å². The van der Waals surface area contributed by atoms with Gasteiger partial charge in [-0.05, 0) is 37.5 Å². The Kier molecular flexibility index (Phi) is 4.87. The van der Waals surface area contributed by atoms with Gasteiger partial charge in [0.05, 0.1) is 4.90 Å². The van der Waals surface area contributed by atoms with Gasteiger partial charge in [0.1, 0.15) is 18.0 Å². The van der Waals surface area contributed by atoms with Crippen molar-refractivity contribution in [3.63, 3.8) is 0 Å². The molecule has 1 aromatic carbocycles. The summed E-state index contributed by atoms with van der Waals surface area (Å²) >= 11 is 0. The summed E-state index contributed by atoms with van der Waals surface area (Å²) in [5, 5.41) is 0. The molecule has 2 atom stereocenters. The number of rotatable bonds is 3. The largest absolute Gasteiger partial charge is 0.341 e. The number of sulfonamides is 1. The average molecular weight is 358 g/mol. The molecule has 0 saturated carbocycles. The van der Waals surface area contributed by atoms with Crippen molar-refractivity contribution in [1.29, 1.82) is 0 Å². The lowest BCUT2D eigenvalue weighted by atomic mass is 10.1. The maximum atomic E-state index is 13.9. The molecule has 2 unspecified atom stereocenters. The highest BCUT2D eigenvalue weighted by Gasteiger charge is 2.45. The molecule has 0 aromatic heterocycles. The van der Waals surface area contributed by atoms with E-state index < -0.39 is 28.1 Å². The molecule has 0 aliphatic carbocycles. The first-order valence-corrected chi connectivity index (χ1v) is 9.54. The van der Waals surface area contributed by atoms with Crippen LogP contribution in [0, 0.1) is 5.82 Å². The minimum atomic E-state index is -4.12. The van der Waals surface area contributed by atoms with Gasteiger partial charge < -0.3 is 4.90 Å². The molecule has 2 saturated heterocycles. The highest BCUT2D eigenvalue weighted by Crippen LogP contribution is 2.30. The molecule has 2 aliphatic rings. The number of carbonyl (C=O) groups is 1. The van der Waals surface area contributed by atoms with Crippen LogP contribution in [-0.2, 0) is 14.8 Å². The van der Waals surface area contributed by atoms with E-state index in [1.165, 1.54) is 12.1 Å². The highest BCUT2D eigenvalue weighted by atomic mass is 32.2. The Morgan fingerprint density at radius 1 is 1.17 bits per heavy atom. The number of likely N-dealkylation sites (tertiary alicyclic amines) is 1. The Hall–Kier alpha value is -1.54. The molecule has 1 amide bonds. The zero-order valence-corrected chi connectivity index (χ0v) is 14.0. The van der Waals surface area contributed by atoms with Gasteiger partial charge >= 0.3 is 0 Å². The molecule has 0 spiro atoms. The van der Waals surface area contributed by atoms with E-state index in [2.05, 4.69) is 0 Å². The van der Waals surface area contributed by atoms with Crippen LogP contribution in [0.25, 0.3) is 0 Å². The second-order valence-electron chi connectivity index (χ2n) is 6.27. The molecule has 132 valence electrons.